The Morgan fingerprint density at radius 1 is 1.50 bits per heavy atom. The topological polar surface area (TPSA) is 28.2 Å². The first-order valence-corrected chi connectivity index (χ1v) is 8.70. The molecule has 4 heteroatoms. The second-order valence-electron chi connectivity index (χ2n) is 6.11. The number of anilines is 1. The van der Waals surface area contributed by atoms with Crippen LogP contribution in [-0.4, -0.2) is 36.1 Å². The number of hydrogen-bond donors (Lipinski definition) is 1. The van der Waals surface area contributed by atoms with Crippen molar-refractivity contribution in [1.82, 2.24) is 10.3 Å². The molecule has 1 atom stereocenters. The van der Waals surface area contributed by atoms with Gasteiger partial charge in [-0.05, 0) is 37.6 Å². The van der Waals surface area contributed by atoms with E-state index < -0.39 is 0 Å². The fourth-order valence-corrected chi connectivity index (χ4v) is 3.83. The van der Waals surface area contributed by atoms with Gasteiger partial charge in [-0.3, -0.25) is 4.98 Å². The average Bonchev–Trinajstić information content (AvgIpc) is 2.93. The van der Waals surface area contributed by atoms with Gasteiger partial charge in [-0.1, -0.05) is 13.8 Å². The molecule has 1 fully saturated rings. The fourth-order valence-electron chi connectivity index (χ4n) is 2.56. The summed E-state index contributed by atoms with van der Waals surface area (Å²) >= 11 is 2.06. The van der Waals surface area contributed by atoms with Crippen molar-refractivity contribution in [3.63, 3.8) is 0 Å². The lowest BCUT2D eigenvalue weighted by Gasteiger charge is -2.28. The zero-order valence-electron chi connectivity index (χ0n) is 13.1. The van der Waals surface area contributed by atoms with Gasteiger partial charge in [0, 0.05) is 48.5 Å². The van der Waals surface area contributed by atoms with Crippen LogP contribution in [0.1, 0.15) is 31.5 Å². The summed E-state index contributed by atoms with van der Waals surface area (Å²) in [4.78, 5) is 6.93. The van der Waals surface area contributed by atoms with Crippen LogP contribution in [0.3, 0.4) is 0 Å². The number of aromatic nitrogens is 1. The van der Waals surface area contributed by atoms with E-state index in [0.29, 0.717) is 12.0 Å². The van der Waals surface area contributed by atoms with Crippen molar-refractivity contribution in [2.24, 2.45) is 5.92 Å². The van der Waals surface area contributed by atoms with Gasteiger partial charge >= 0.3 is 0 Å². The first-order chi connectivity index (χ1) is 9.58. The number of pyridine rings is 1. The van der Waals surface area contributed by atoms with E-state index in [-0.39, 0.29) is 0 Å². The van der Waals surface area contributed by atoms with Gasteiger partial charge in [0.25, 0.3) is 0 Å². The molecule has 1 N–H and O–H groups in total. The van der Waals surface area contributed by atoms with Crippen molar-refractivity contribution in [2.45, 2.75) is 39.8 Å². The van der Waals surface area contributed by atoms with Gasteiger partial charge in [0.2, 0.25) is 0 Å². The van der Waals surface area contributed by atoms with Crippen LogP contribution in [0.25, 0.3) is 0 Å². The SMILES string of the molecule is Cc1cc(N(C)C2CCSC2)c(CNCC(C)C)cn1. The largest absolute Gasteiger partial charge is 0.370 e. The van der Waals surface area contributed by atoms with Crippen LogP contribution in [0.4, 0.5) is 5.69 Å². The molecule has 3 nitrogen and oxygen atoms in total. The highest BCUT2D eigenvalue weighted by atomic mass is 32.2. The fraction of sp³-hybridized carbons (Fsp3) is 0.688. The van der Waals surface area contributed by atoms with Crippen LogP contribution in [0, 0.1) is 12.8 Å². The summed E-state index contributed by atoms with van der Waals surface area (Å²) in [5.41, 5.74) is 3.77. The summed E-state index contributed by atoms with van der Waals surface area (Å²) in [6.45, 7) is 8.51. The van der Waals surface area contributed by atoms with Crippen molar-refractivity contribution in [3.05, 3.63) is 23.5 Å². The Labute approximate surface area is 127 Å². The van der Waals surface area contributed by atoms with Gasteiger partial charge < -0.3 is 10.2 Å². The molecule has 112 valence electrons. The maximum absolute atomic E-state index is 4.47. The van der Waals surface area contributed by atoms with Crippen LogP contribution in [-0.2, 0) is 6.54 Å². The highest BCUT2D eigenvalue weighted by Gasteiger charge is 2.22. The van der Waals surface area contributed by atoms with E-state index in [1.54, 1.807) is 0 Å². The Hall–Kier alpha value is -0.740. The summed E-state index contributed by atoms with van der Waals surface area (Å²) in [5, 5.41) is 3.53. The minimum absolute atomic E-state index is 0.672. The smallest absolute Gasteiger partial charge is 0.0445 e. The Kier molecular flexibility index (Phi) is 5.73. The van der Waals surface area contributed by atoms with Gasteiger partial charge in [0.05, 0.1) is 0 Å². The molecule has 1 aromatic heterocycles. The molecule has 0 spiro atoms. The van der Waals surface area contributed by atoms with Crippen LogP contribution >= 0.6 is 11.8 Å². The molecule has 0 bridgehead atoms. The molecule has 1 saturated heterocycles. The van der Waals surface area contributed by atoms with Gasteiger partial charge in [-0.2, -0.15) is 11.8 Å². The second kappa shape index (κ2) is 7.32. The first kappa shape index (κ1) is 15.6. The highest BCUT2D eigenvalue weighted by Crippen LogP contribution is 2.28. The molecule has 1 aliphatic heterocycles. The van der Waals surface area contributed by atoms with Gasteiger partial charge in [0.1, 0.15) is 0 Å². The Morgan fingerprint density at radius 2 is 2.30 bits per heavy atom. The molecule has 1 aliphatic rings. The minimum atomic E-state index is 0.672. The third kappa shape index (κ3) is 4.13. The van der Waals surface area contributed by atoms with Crippen molar-refractivity contribution in [3.8, 4) is 0 Å². The van der Waals surface area contributed by atoms with E-state index >= 15 is 0 Å². The predicted molar refractivity (Wildman–Crippen MR) is 89.7 cm³/mol. The van der Waals surface area contributed by atoms with Gasteiger partial charge in [0.15, 0.2) is 0 Å². The first-order valence-electron chi connectivity index (χ1n) is 7.54. The molecule has 0 amide bonds. The zero-order valence-corrected chi connectivity index (χ0v) is 14.0. The van der Waals surface area contributed by atoms with Gasteiger partial charge in [-0.15, -0.1) is 0 Å². The standard InChI is InChI=1S/C16H27N3S/c1-12(2)8-17-9-14-10-18-13(3)7-16(14)19(4)15-5-6-20-11-15/h7,10,12,15,17H,5-6,8-9,11H2,1-4H3. The minimum Gasteiger partial charge on any atom is -0.370 e. The molecule has 1 unspecified atom stereocenters. The summed E-state index contributed by atoms with van der Waals surface area (Å²) in [6, 6.07) is 2.90. The Balaban J connectivity index is 2.10. The second-order valence-corrected chi connectivity index (χ2v) is 7.26. The lowest BCUT2D eigenvalue weighted by atomic mass is 10.1. The van der Waals surface area contributed by atoms with Crippen molar-refractivity contribution < 1.29 is 0 Å². The number of hydrogen-bond acceptors (Lipinski definition) is 4. The summed E-state index contributed by atoms with van der Waals surface area (Å²) < 4.78 is 0. The van der Waals surface area contributed by atoms with Crippen LogP contribution in [0.2, 0.25) is 0 Å². The molecule has 0 aliphatic carbocycles. The lowest BCUT2D eigenvalue weighted by Crippen LogP contribution is -2.33. The summed E-state index contributed by atoms with van der Waals surface area (Å²) in [5.74, 6) is 3.22. The quantitative estimate of drug-likeness (QED) is 0.872. The summed E-state index contributed by atoms with van der Waals surface area (Å²) in [7, 11) is 2.23. The average molecular weight is 293 g/mol. The monoisotopic (exact) mass is 293 g/mol. The highest BCUT2D eigenvalue weighted by molar-refractivity contribution is 7.99. The van der Waals surface area contributed by atoms with Crippen LogP contribution in [0.15, 0.2) is 12.3 Å². The van der Waals surface area contributed by atoms with Gasteiger partial charge in [-0.25, -0.2) is 0 Å². The molecule has 2 heterocycles. The molecule has 0 aromatic carbocycles. The molecular weight excluding hydrogens is 266 g/mol. The number of nitrogens with one attached hydrogen (secondary N) is 1. The van der Waals surface area contributed by atoms with Crippen LogP contribution < -0.4 is 10.2 Å². The molecule has 20 heavy (non-hydrogen) atoms. The zero-order chi connectivity index (χ0) is 14.5. The number of nitrogens with zero attached hydrogens (tertiary/aromatic N) is 2. The van der Waals surface area contributed by atoms with E-state index in [9.17, 15) is 0 Å². The van der Waals surface area contributed by atoms with Crippen molar-refractivity contribution in [2.75, 3.05) is 30.0 Å². The molecule has 2 rings (SSSR count). The third-order valence-electron chi connectivity index (χ3n) is 3.80. The Morgan fingerprint density at radius 3 is 2.95 bits per heavy atom. The number of aryl methyl sites for hydroxylation is 1. The summed E-state index contributed by atoms with van der Waals surface area (Å²) in [6.07, 6.45) is 3.33. The third-order valence-corrected chi connectivity index (χ3v) is 4.94. The molecule has 1 aromatic rings. The lowest BCUT2D eigenvalue weighted by molar-refractivity contribution is 0.551. The van der Waals surface area contributed by atoms with E-state index in [1.807, 2.05) is 6.20 Å². The molecule has 0 saturated carbocycles. The van der Waals surface area contributed by atoms with E-state index in [2.05, 4.69) is 60.8 Å². The normalized spacial score (nSPS) is 18.8. The van der Waals surface area contributed by atoms with E-state index in [0.717, 1.165) is 18.8 Å². The maximum atomic E-state index is 4.47. The predicted octanol–water partition coefficient (Wildman–Crippen LogP) is 3.08. The number of rotatable bonds is 6. The Bertz CT molecular complexity index is 428. The van der Waals surface area contributed by atoms with Crippen LogP contribution in [0.5, 0.6) is 0 Å². The van der Waals surface area contributed by atoms with Crippen molar-refractivity contribution in [1.29, 1.82) is 0 Å². The van der Waals surface area contributed by atoms with E-state index in [4.69, 9.17) is 0 Å². The molecule has 0 radical (unpaired) electrons. The number of thioether (sulfide) groups is 1. The van der Waals surface area contributed by atoms with Crippen molar-refractivity contribution >= 4 is 17.4 Å². The molecular formula is C16H27N3S. The maximum Gasteiger partial charge on any atom is 0.0445 e. The van der Waals surface area contributed by atoms with E-state index in [1.165, 1.54) is 29.2 Å².